The molecule has 0 bridgehead atoms. The van der Waals surface area contributed by atoms with Crippen LogP contribution in [0, 0.1) is 0 Å². The Kier molecular flexibility index (Phi) is 3.72. The number of carbonyl (C=O) groups excluding carboxylic acids is 1. The molecule has 0 fully saturated rings. The van der Waals surface area contributed by atoms with Gasteiger partial charge in [0.15, 0.2) is 0 Å². The van der Waals surface area contributed by atoms with E-state index in [1.807, 2.05) is 12.1 Å². The molecule has 0 aliphatic rings. The number of rotatable bonds is 3. The van der Waals surface area contributed by atoms with Crippen molar-refractivity contribution in [2.45, 2.75) is 13.5 Å². The van der Waals surface area contributed by atoms with Crippen LogP contribution in [-0.2, 0) is 16.1 Å². The molecular weight excluding hydrogens is 200 g/mol. The predicted molar refractivity (Wildman–Crippen MR) is 56.1 cm³/mol. The summed E-state index contributed by atoms with van der Waals surface area (Å²) < 4.78 is 4.95. The average molecular weight is 211 g/mol. The van der Waals surface area contributed by atoms with Gasteiger partial charge in [0.25, 0.3) is 0 Å². The summed E-state index contributed by atoms with van der Waals surface area (Å²) >= 11 is 5.70. The van der Waals surface area contributed by atoms with E-state index in [0.717, 1.165) is 5.56 Å². The van der Waals surface area contributed by atoms with Crippen LogP contribution in [0.1, 0.15) is 12.5 Å². The van der Waals surface area contributed by atoms with Gasteiger partial charge in [0, 0.05) is 10.6 Å². The van der Waals surface area contributed by atoms with Crippen molar-refractivity contribution in [2.24, 2.45) is 0 Å². The van der Waals surface area contributed by atoms with Gasteiger partial charge >= 0.3 is 5.97 Å². The number of halogens is 1. The van der Waals surface area contributed by atoms with Gasteiger partial charge in [0.2, 0.25) is 0 Å². The van der Waals surface area contributed by atoms with E-state index < -0.39 is 0 Å². The van der Waals surface area contributed by atoms with Crippen molar-refractivity contribution in [1.82, 2.24) is 0 Å². The fourth-order valence-corrected chi connectivity index (χ4v) is 0.979. The van der Waals surface area contributed by atoms with Gasteiger partial charge in [-0.05, 0) is 24.6 Å². The van der Waals surface area contributed by atoms with E-state index >= 15 is 0 Å². The van der Waals surface area contributed by atoms with Crippen LogP contribution in [-0.4, -0.2) is 5.97 Å². The normalized spacial score (nSPS) is 9.57. The zero-order valence-corrected chi connectivity index (χ0v) is 8.67. The van der Waals surface area contributed by atoms with Crippen molar-refractivity contribution in [3.63, 3.8) is 0 Å². The molecule has 0 spiro atoms. The standard InChI is InChI=1S/C11H11ClO2/c1-8(2)11(13)14-7-9-3-5-10(12)6-4-9/h3-6H,1,7H2,2H3. The molecule has 0 N–H and O–H groups in total. The van der Waals surface area contributed by atoms with Crippen molar-refractivity contribution in [3.05, 3.63) is 47.0 Å². The minimum absolute atomic E-state index is 0.253. The summed E-state index contributed by atoms with van der Waals surface area (Å²) in [5.41, 5.74) is 1.31. The van der Waals surface area contributed by atoms with E-state index in [0.29, 0.717) is 10.6 Å². The van der Waals surface area contributed by atoms with Crippen LogP contribution < -0.4 is 0 Å². The second-order valence-corrected chi connectivity index (χ2v) is 3.42. The van der Waals surface area contributed by atoms with Gasteiger partial charge in [-0.1, -0.05) is 30.3 Å². The molecule has 14 heavy (non-hydrogen) atoms. The lowest BCUT2D eigenvalue weighted by molar-refractivity contribution is -0.140. The number of carbonyl (C=O) groups is 1. The Balaban J connectivity index is 2.50. The van der Waals surface area contributed by atoms with Gasteiger partial charge in [-0.15, -0.1) is 0 Å². The first-order chi connectivity index (χ1) is 6.59. The molecule has 0 unspecified atom stereocenters. The van der Waals surface area contributed by atoms with Gasteiger partial charge in [0.1, 0.15) is 6.61 Å². The van der Waals surface area contributed by atoms with E-state index in [9.17, 15) is 4.79 Å². The van der Waals surface area contributed by atoms with E-state index in [-0.39, 0.29) is 12.6 Å². The molecule has 2 nitrogen and oxygen atoms in total. The van der Waals surface area contributed by atoms with Crippen LogP contribution in [0.5, 0.6) is 0 Å². The number of ether oxygens (including phenoxy) is 1. The molecule has 0 aromatic heterocycles. The van der Waals surface area contributed by atoms with Gasteiger partial charge in [-0.3, -0.25) is 0 Å². The molecule has 1 aromatic rings. The highest BCUT2D eigenvalue weighted by Gasteiger charge is 2.02. The molecule has 1 rings (SSSR count). The lowest BCUT2D eigenvalue weighted by atomic mass is 10.2. The van der Waals surface area contributed by atoms with E-state index in [1.54, 1.807) is 19.1 Å². The summed E-state index contributed by atoms with van der Waals surface area (Å²) in [5.74, 6) is -0.375. The fraction of sp³-hybridized carbons (Fsp3) is 0.182. The molecule has 0 heterocycles. The van der Waals surface area contributed by atoms with E-state index in [2.05, 4.69) is 6.58 Å². The summed E-state index contributed by atoms with van der Waals surface area (Å²) in [6.07, 6.45) is 0. The van der Waals surface area contributed by atoms with Crippen molar-refractivity contribution in [1.29, 1.82) is 0 Å². The Morgan fingerprint density at radius 3 is 2.50 bits per heavy atom. The van der Waals surface area contributed by atoms with Crippen LogP contribution in [0.25, 0.3) is 0 Å². The Labute approximate surface area is 88.1 Å². The lowest BCUT2D eigenvalue weighted by Crippen LogP contribution is -2.04. The maximum absolute atomic E-state index is 11.0. The SMILES string of the molecule is C=C(C)C(=O)OCc1ccc(Cl)cc1. The summed E-state index contributed by atoms with van der Waals surface area (Å²) in [6.45, 7) is 5.35. The van der Waals surface area contributed by atoms with E-state index in [4.69, 9.17) is 16.3 Å². The molecule has 0 aliphatic heterocycles. The molecule has 1 aromatic carbocycles. The Bertz CT molecular complexity index is 341. The molecule has 0 saturated carbocycles. The summed E-state index contributed by atoms with van der Waals surface area (Å²) in [5, 5.41) is 0.667. The first-order valence-electron chi connectivity index (χ1n) is 4.16. The largest absolute Gasteiger partial charge is 0.457 e. The minimum atomic E-state index is -0.375. The molecule has 3 heteroatoms. The third kappa shape index (κ3) is 3.23. The second-order valence-electron chi connectivity index (χ2n) is 2.98. The zero-order valence-electron chi connectivity index (χ0n) is 7.92. The number of esters is 1. The molecule has 0 saturated heterocycles. The van der Waals surface area contributed by atoms with Gasteiger partial charge in [-0.25, -0.2) is 4.79 Å². The number of hydrogen-bond acceptors (Lipinski definition) is 2. The van der Waals surface area contributed by atoms with Gasteiger partial charge in [0.05, 0.1) is 0 Å². The number of hydrogen-bond donors (Lipinski definition) is 0. The minimum Gasteiger partial charge on any atom is -0.457 e. The molecular formula is C11H11ClO2. The fourth-order valence-electron chi connectivity index (χ4n) is 0.853. The lowest BCUT2D eigenvalue weighted by Gasteiger charge is -2.03. The maximum atomic E-state index is 11.0. The topological polar surface area (TPSA) is 26.3 Å². The quantitative estimate of drug-likeness (QED) is 0.567. The van der Waals surface area contributed by atoms with Crippen LogP contribution in [0.4, 0.5) is 0 Å². The van der Waals surface area contributed by atoms with Gasteiger partial charge < -0.3 is 4.74 Å². The number of benzene rings is 1. The van der Waals surface area contributed by atoms with Crippen LogP contribution in [0.3, 0.4) is 0 Å². The van der Waals surface area contributed by atoms with Crippen molar-refractivity contribution < 1.29 is 9.53 Å². The monoisotopic (exact) mass is 210 g/mol. The highest BCUT2D eigenvalue weighted by atomic mass is 35.5. The maximum Gasteiger partial charge on any atom is 0.333 e. The molecule has 0 aliphatic carbocycles. The second kappa shape index (κ2) is 4.82. The zero-order chi connectivity index (χ0) is 10.6. The third-order valence-electron chi connectivity index (χ3n) is 1.63. The predicted octanol–water partition coefficient (Wildman–Crippen LogP) is 2.96. The molecule has 74 valence electrons. The van der Waals surface area contributed by atoms with E-state index in [1.165, 1.54) is 0 Å². The Morgan fingerprint density at radius 1 is 1.43 bits per heavy atom. The first kappa shape index (κ1) is 10.8. The van der Waals surface area contributed by atoms with Crippen molar-refractivity contribution in [2.75, 3.05) is 0 Å². The molecule has 0 atom stereocenters. The first-order valence-corrected chi connectivity index (χ1v) is 4.54. The van der Waals surface area contributed by atoms with Crippen LogP contribution >= 0.6 is 11.6 Å². The Morgan fingerprint density at radius 2 is 2.00 bits per heavy atom. The molecule has 0 radical (unpaired) electrons. The van der Waals surface area contributed by atoms with Crippen molar-refractivity contribution >= 4 is 17.6 Å². The summed E-state index contributed by atoms with van der Waals surface area (Å²) in [4.78, 5) is 11.0. The van der Waals surface area contributed by atoms with Crippen molar-refractivity contribution in [3.8, 4) is 0 Å². The average Bonchev–Trinajstić information content (AvgIpc) is 2.16. The van der Waals surface area contributed by atoms with Crippen LogP contribution in [0.2, 0.25) is 5.02 Å². The smallest absolute Gasteiger partial charge is 0.333 e. The highest BCUT2D eigenvalue weighted by molar-refractivity contribution is 6.30. The molecule has 0 amide bonds. The highest BCUT2D eigenvalue weighted by Crippen LogP contribution is 2.10. The van der Waals surface area contributed by atoms with Gasteiger partial charge in [-0.2, -0.15) is 0 Å². The van der Waals surface area contributed by atoms with Crippen LogP contribution in [0.15, 0.2) is 36.4 Å². The third-order valence-corrected chi connectivity index (χ3v) is 1.88. The summed E-state index contributed by atoms with van der Waals surface area (Å²) in [6, 6.07) is 7.14. The Hall–Kier alpha value is -1.28. The summed E-state index contributed by atoms with van der Waals surface area (Å²) in [7, 11) is 0.